The van der Waals surface area contributed by atoms with E-state index in [1.165, 1.54) is 0 Å². The van der Waals surface area contributed by atoms with Crippen molar-refractivity contribution in [1.82, 2.24) is 0 Å². The molecule has 0 atom stereocenters. The Bertz CT molecular complexity index is 440. The Hall–Kier alpha value is 0.0196. The maximum atomic E-state index is 6.70. The zero-order valence-electron chi connectivity index (χ0n) is 12.0. The van der Waals surface area contributed by atoms with Crippen LogP contribution in [0.15, 0.2) is 24.3 Å². The Kier molecular flexibility index (Phi) is 4.13. The second-order valence-electron chi connectivity index (χ2n) is 5.53. The second kappa shape index (κ2) is 5.09. The molecule has 0 spiro atoms. The Morgan fingerprint density at radius 3 is 1.95 bits per heavy atom. The van der Waals surface area contributed by atoms with Crippen LogP contribution in [0.25, 0.3) is 0 Å². The van der Waals surface area contributed by atoms with Crippen molar-refractivity contribution in [1.29, 1.82) is 0 Å². The molecule has 1 aromatic carbocycles. The van der Waals surface area contributed by atoms with Crippen molar-refractivity contribution in [3.05, 3.63) is 24.3 Å². The summed E-state index contributed by atoms with van der Waals surface area (Å²) in [6, 6.07) is 7.74. The molecule has 1 aliphatic heterocycles. The molecule has 0 saturated carbocycles. The molecule has 19 heavy (non-hydrogen) atoms. The molecule has 1 fully saturated rings. The molecule has 108 valence electrons. The van der Waals surface area contributed by atoms with Crippen LogP contribution in [-0.4, -0.2) is 35.7 Å². The van der Waals surface area contributed by atoms with Crippen molar-refractivity contribution < 1.29 is 10.9 Å². The van der Waals surface area contributed by atoms with Gasteiger partial charge in [0.25, 0.3) is 0 Å². The molecule has 1 heterocycles. The molecule has 0 aliphatic carbocycles. The fourth-order valence-corrected chi connectivity index (χ4v) is 10.7. The average Bonchev–Trinajstić information content (AvgIpc) is 2.45. The minimum absolute atomic E-state index is 0.380. The first-order valence-electron chi connectivity index (χ1n) is 6.37. The average molecular weight is 400 g/mol. The molecule has 3 nitrogen and oxygen atoms in total. The van der Waals surface area contributed by atoms with E-state index in [2.05, 4.69) is 0 Å². The summed E-state index contributed by atoms with van der Waals surface area (Å²) >= 11 is -3.46. The monoisotopic (exact) mass is 402 g/mol. The predicted molar refractivity (Wildman–Crippen MR) is 79.2 cm³/mol. The van der Waals surface area contributed by atoms with E-state index in [9.17, 15) is 0 Å². The van der Waals surface area contributed by atoms with Crippen LogP contribution < -0.4 is 8.35 Å². The van der Waals surface area contributed by atoms with Gasteiger partial charge in [0.15, 0.2) is 0 Å². The van der Waals surface area contributed by atoms with Gasteiger partial charge in [0.2, 0.25) is 0 Å². The van der Waals surface area contributed by atoms with Gasteiger partial charge in [-0.1, -0.05) is 0 Å². The number of benzene rings is 1. The molecule has 2 rings (SSSR count). The molecular weight excluding hydrogens is 379 g/mol. The molecular formula is C14H21ClO3Te. The summed E-state index contributed by atoms with van der Waals surface area (Å²) in [6.07, 6.45) is 0. The molecule has 0 bridgehead atoms. The number of halogens is 1. The van der Waals surface area contributed by atoms with Crippen LogP contribution in [0.2, 0.25) is 0 Å². The molecule has 0 N–H and O–H groups in total. The molecule has 1 aromatic rings. The fraction of sp³-hybridized carbons (Fsp3) is 0.571. The summed E-state index contributed by atoms with van der Waals surface area (Å²) < 4.78 is 18.7. The van der Waals surface area contributed by atoms with Gasteiger partial charge >= 0.3 is 124 Å². The first-order chi connectivity index (χ1) is 8.70. The van der Waals surface area contributed by atoms with Crippen LogP contribution in [0.1, 0.15) is 34.6 Å². The van der Waals surface area contributed by atoms with Gasteiger partial charge in [-0.3, -0.25) is 0 Å². The molecule has 1 saturated heterocycles. The van der Waals surface area contributed by atoms with E-state index >= 15 is 0 Å². The zero-order chi connectivity index (χ0) is 14.3. The normalized spacial score (nSPS) is 24.9. The predicted octanol–water partition coefficient (Wildman–Crippen LogP) is 3.07. The van der Waals surface area contributed by atoms with Crippen molar-refractivity contribution in [3.8, 4) is 5.75 Å². The summed E-state index contributed by atoms with van der Waals surface area (Å²) in [4.78, 5) is 0. The van der Waals surface area contributed by atoms with Gasteiger partial charge in [-0.05, 0) is 0 Å². The van der Waals surface area contributed by atoms with Crippen LogP contribution in [0.5, 0.6) is 5.75 Å². The topological polar surface area (TPSA) is 27.7 Å². The van der Waals surface area contributed by atoms with Crippen molar-refractivity contribution in [2.45, 2.75) is 45.8 Å². The van der Waals surface area contributed by atoms with E-state index in [-0.39, 0.29) is 11.2 Å². The van der Waals surface area contributed by atoms with Crippen molar-refractivity contribution in [2.75, 3.05) is 6.61 Å². The van der Waals surface area contributed by atoms with Gasteiger partial charge < -0.3 is 0 Å². The SMILES string of the molecule is CCOc1ccc([Te]2(Cl)OC(C)(C)C(C)(C)O2)cc1. The van der Waals surface area contributed by atoms with Gasteiger partial charge in [0.1, 0.15) is 0 Å². The summed E-state index contributed by atoms with van der Waals surface area (Å²) in [6.45, 7) is 10.7. The van der Waals surface area contributed by atoms with Gasteiger partial charge in [-0.15, -0.1) is 0 Å². The minimum atomic E-state index is -3.46. The number of ether oxygens (including phenoxy) is 1. The summed E-state index contributed by atoms with van der Waals surface area (Å²) in [7, 11) is 6.70. The van der Waals surface area contributed by atoms with E-state index in [0.717, 1.165) is 9.36 Å². The first-order valence-corrected chi connectivity index (χ1v) is 12.4. The molecule has 0 amide bonds. The van der Waals surface area contributed by atoms with E-state index in [1.807, 2.05) is 58.9 Å². The van der Waals surface area contributed by atoms with Crippen molar-refractivity contribution in [3.63, 3.8) is 0 Å². The third-order valence-corrected chi connectivity index (χ3v) is 11.5. The second-order valence-corrected chi connectivity index (χ2v) is 13.1. The molecule has 0 aromatic heterocycles. The molecule has 5 heteroatoms. The van der Waals surface area contributed by atoms with Gasteiger partial charge in [-0.25, -0.2) is 0 Å². The zero-order valence-corrected chi connectivity index (χ0v) is 15.1. The van der Waals surface area contributed by atoms with Crippen LogP contribution in [0, 0.1) is 0 Å². The molecule has 1 aliphatic rings. The van der Waals surface area contributed by atoms with Gasteiger partial charge in [0.05, 0.1) is 0 Å². The Morgan fingerprint density at radius 2 is 1.53 bits per heavy atom. The third kappa shape index (κ3) is 2.89. The number of rotatable bonds is 3. The summed E-state index contributed by atoms with van der Waals surface area (Å²) in [5.41, 5.74) is -0.761. The van der Waals surface area contributed by atoms with Crippen LogP contribution in [-0.2, 0) is 6.20 Å². The Balaban J connectivity index is 2.27. The Morgan fingerprint density at radius 1 is 1.05 bits per heavy atom. The van der Waals surface area contributed by atoms with Gasteiger partial charge in [0, 0.05) is 0 Å². The molecule has 0 unspecified atom stereocenters. The summed E-state index contributed by atoms with van der Waals surface area (Å²) in [5, 5.41) is 0. The number of hydrogen-bond donors (Lipinski definition) is 0. The third-order valence-electron chi connectivity index (χ3n) is 3.50. The standard InChI is InChI=1S/C14H21ClO3Te/c1-6-16-11-7-9-12(10-8-11)19(15)17-13(2,3)14(4,5)18-19/h7-10H,6H2,1-5H3. The quantitative estimate of drug-likeness (QED) is 0.730. The summed E-state index contributed by atoms with van der Waals surface area (Å²) in [5.74, 6) is 0.839. The maximum absolute atomic E-state index is 6.70. The fourth-order valence-electron chi connectivity index (χ4n) is 1.71. The van der Waals surface area contributed by atoms with Crippen LogP contribution in [0.4, 0.5) is 0 Å². The van der Waals surface area contributed by atoms with Crippen molar-refractivity contribution in [2.24, 2.45) is 0 Å². The first kappa shape index (κ1) is 15.4. The molecule has 0 radical (unpaired) electrons. The van der Waals surface area contributed by atoms with Crippen LogP contribution >= 0.6 is 8.96 Å². The van der Waals surface area contributed by atoms with Crippen LogP contribution in [0.3, 0.4) is 0 Å². The van der Waals surface area contributed by atoms with Gasteiger partial charge in [-0.2, -0.15) is 0 Å². The van der Waals surface area contributed by atoms with E-state index in [0.29, 0.717) is 6.61 Å². The van der Waals surface area contributed by atoms with Crippen molar-refractivity contribution >= 4 is 30.5 Å². The Labute approximate surface area is 123 Å². The number of hydrogen-bond acceptors (Lipinski definition) is 3. The van der Waals surface area contributed by atoms with E-state index < -0.39 is 17.9 Å². The van der Waals surface area contributed by atoms with E-state index in [4.69, 9.17) is 19.9 Å². The van der Waals surface area contributed by atoms with E-state index in [1.54, 1.807) is 0 Å².